The number of aryl methyl sites for hydroxylation is 3. The van der Waals surface area contributed by atoms with Crippen molar-refractivity contribution in [2.75, 3.05) is 0 Å². The number of halogens is 1. The lowest BCUT2D eigenvalue weighted by molar-refractivity contribution is 1.28. The molecule has 2 aromatic carbocycles. The van der Waals surface area contributed by atoms with E-state index in [1.807, 2.05) is 24.3 Å². The third-order valence-corrected chi connectivity index (χ3v) is 3.59. The number of benzene rings is 2. The first-order valence-corrected chi connectivity index (χ1v) is 6.71. The molecule has 0 amide bonds. The van der Waals surface area contributed by atoms with E-state index in [0.717, 1.165) is 15.6 Å². The van der Waals surface area contributed by atoms with Crippen LogP contribution in [0.4, 0.5) is 0 Å². The van der Waals surface area contributed by atoms with Gasteiger partial charge in [-0.25, -0.2) is 0 Å². The number of hydrogen-bond donors (Lipinski definition) is 1. The van der Waals surface area contributed by atoms with Gasteiger partial charge in [0, 0.05) is 15.6 Å². The molecule has 2 rings (SSSR count). The molecule has 0 aliphatic heterocycles. The minimum atomic E-state index is 0.595. The Hall–Kier alpha value is -1.41. The second-order valence-electron chi connectivity index (χ2n) is 4.66. The second kappa shape index (κ2) is 5.07. The van der Waals surface area contributed by atoms with E-state index < -0.39 is 0 Å². The summed E-state index contributed by atoms with van der Waals surface area (Å²) >= 11 is 3.42. The van der Waals surface area contributed by atoms with Gasteiger partial charge in [-0.1, -0.05) is 45.8 Å². The zero-order valence-electron chi connectivity index (χ0n) is 10.8. The molecular formula is C16H16BrN. The summed E-state index contributed by atoms with van der Waals surface area (Å²) in [5, 5.41) is 8.38. The van der Waals surface area contributed by atoms with Crippen molar-refractivity contribution in [1.29, 1.82) is 5.41 Å². The average Bonchev–Trinajstić information content (AvgIpc) is 2.28. The second-order valence-corrected chi connectivity index (χ2v) is 5.57. The van der Waals surface area contributed by atoms with E-state index in [0.29, 0.717) is 5.71 Å². The van der Waals surface area contributed by atoms with Crippen molar-refractivity contribution in [3.63, 3.8) is 0 Å². The van der Waals surface area contributed by atoms with Gasteiger partial charge < -0.3 is 0 Å². The van der Waals surface area contributed by atoms with Gasteiger partial charge >= 0.3 is 0 Å². The molecule has 0 heterocycles. The quantitative estimate of drug-likeness (QED) is 0.771. The van der Waals surface area contributed by atoms with E-state index >= 15 is 0 Å². The van der Waals surface area contributed by atoms with Crippen molar-refractivity contribution in [2.45, 2.75) is 20.8 Å². The van der Waals surface area contributed by atoms with Crippen molar-refractivity contribution in [2.24, 2.45) is 0 Å². The fourth-order valence-corrected chi connectivity index (χ4v) is 2.60. The van der Waals surface area contributed by atoms with Crippen LogP contribution in [0.5, 0.6) is 0 Å². The molecule has 0 aromatic heterocycles. The summed E-state index contributed by atoms with van der Waals surface area (Å²) in [5.41, 5.74) is 6.17. The van der Waals surface area contributed by atoms with Gasteiger partial charge in [-0.15, -0.1) is 0 Å². The van der Waals surface area contributed by atoms with Gasteiger partial charge in [-0.2, -0.15) is 0 Å². The smallest absolute Gasteiger partial charge is 0.0689 e. The predicted molar refractivity (Wildman–Crippen MR) is 80.7 cm³/mol. The standard InChI is InChI=1S/C16H16BrN/c1-10-8-11(2)15(12(3)9-10)16(18)13-4-6-14(17)7-5-13/h4-9,18H,1-3H3. The minimum Gasteiger partial charge on any atom is -0.300 e. The zero-order chi connectivity index (χ0) is 13.3. The molecule has 0 unspecified atom stereocenters. The fourth-order valence-electron chi connectivity index (χ4n) is 2.34. The Morgan fingerprint density at radius 1 is 0.944 bits per heavy atom. The Kier molecular flexibility index (Phi) is 3.67. The van der Waals surface area contributed by atoms with Gasteiger partial charge in [0.2, 0.25) is 0 Å². The number of hydrogen-bond acceptors (Lipinski definition) is 1. The van der Waals surface area contributed by atoms with Crippen LogP contribution in [0.1, 0.15) is 27.8 Å². The third-order valence-electron chi connectivity index (χ3n) is 3.06. The van der Waals surface area contributed by atoms with Crippen LogP contribution in [0, 0.1) is 26.2 Å². The molecule has 0 saturated heterocycles. The molecule has 2 aromatic rings. The summed E-state index contributed by atoms with van der Waals surface area (Å²) in [6.07, 6.45) is 0. The number of rotatable bonds is 2. The van der Waals surface area contributed by atoms with Gasteiger partial charge in [0.1, 0.15) is 0 Å². The van der Waals surface area contributed by atoms with Crippen LogP contribution in [0.2, 0.25) is 0 Å². The Labute approximate surface area is 117 Å². The van der Waals surface area contributed by atoms with Crippen LogP contribution in [-0.2, 0) is 0 Å². The lowest BCUT2D eigenvalue weighted by atomic mass is 9.93. The normalized spacial score (nSPS) is 10.4. The fraction of sp³-hybridized carbons (Fsp3) is 0.188. The molecule has 1 N–H and O–H groups in total. The molecule has 1 nitrogen and oxygen atoms in total. The van der Waals surface area contributed by atoms with Crippen molar-refractivity contribution in [3.05, 3.63) is 68.7 Å². The lowest BCUT2D eigenvalue weighted by Crippen LogP contribution is -2.06. The molecule has 0 bridgehead atoms. The molecule has 0 atom stereocenters. The van der Waals surface area contributed by atoms with Crippen molar-refractivity contribution >= 4 is 21.6 Å². The van der Waals surface area contributed by atoms with Crippen LogP contribution in [0.15, 0.2) is 40.9 Å². The highest BCUT2D eigenvalue weighted by molar-refractivity contribution is 9.10. The zero-order valence-corrected chi connectivity index (χ0v) is 12.4. The Morgan fingerprint density at radius 3 is 1.94 bits per heavy atom. The summed E-state index contributed by atoms with van der Waals surface area (Å²) in [5.74, 6) is 0. The lowest BCUT2D eigenvalue weighted by Gasteiger charge is -2.13. The van der Waals surface area contributed by atoms with Gasteiger partial charge in [0.25, 0.3) is 0 Å². The van der Waals surface area contributed by atoms with Crippen LogP contribution < -0.4 is 0 Å². The molecule has 0 saturated carbocycles. The highest BCUT2D eigenvalue weighted by atomic mass is 79.9. The Balaban J connectivity index is 2.49. The summed E-state index contributed by atoms with van der Waals surface area (Å²) in [4.78, 5) is 0. The maximum Gasteiger partial charge on any atom is 0.0689 e. The van der Waals surface area contributed by atoms with Crippen LogP contribution in [-0.4, -0.2) is 5.71 Å². The van der Waals surface area contributed by atoms with Crippen LogP contribution in [0.25, 0.3) is 0 Å². The molecule has 2 heteroatoms. The summed E-state index contributed by atoms with van der Waals surface area (Å²) in [7, 11) is 0. The Morgan fingerprint density at radius 2 is 1.44 bits per heavy atom. The highest BCUT2D eigenvalue weighted by Gasteiger charge is 2.11. The third kappa shape index (κ3) is 2.54. The molecule has 0 radical (unpaired) electrons. The Bertz CT molecular complexity index is 574. The first-order chi connectivity index (χ1) is 8.49. The van der Waals surface area contributed by atoms with Gasteiger partial charge in [-0.05, 0) is 44.0 Å². The first-order valence-electron chi connectivity index (χ1n) is 5.92. The van der Waals surface area contributed by atoms with E-state index in [9.17, 15) is 0 Å². The molecular weight excluding hydrogens is 286 g/mol. The molecule has 92 valence electrons. The van der Waals surface area contributed by atoms with E-state index in [2.05, 4.69) is 48.8 Å². The topological polar surface area (TPSA) is 23.9 Å². The van der Waals surface area contributed by atoms with Gasteiger partial charge in [0.15, 0.2) is 0 Å². The maximum absolute atomic E-state index is 8.38. The predicted octanol–water partition coefficient (Wildman–Crippen LogP) is 4.79. The van der Waals surface area contributed by atoms with Crippen molar-refractivity contribution in [1.82, 2.24) is 0 Å². The largest absolute Gasteiger partial charge is 0.300 e. The summed E-state index contributed by atoms with van der Waals surface area (Å²) < 4.78 is 1.04. The molecule has 0 fully saturated rings. The van der Waals surface area contributed by atoms with Gasteiger partial charge in [0.05, 0.1) is 5.71 Å². The number of nitrogens with one attached hydrogen (secondary N) is 1. The van der Waals surface area contributed by atoms with E-state index in [4.69, 9.17) is 5.41 Å². The summed E-state index contributed by atoms with van der Waals surface area (Å²) in [6.45, 7) is 6.23. The first kappa shape index (κ1) is 13.0. The van der Waals surface area contributed by atoms with Gasteiger partial charge in [-0.3, -0.25) is 5.41 Å². The van der Waals surface area contributed by atoms with E-state index in [-0.39, 0.29) is 0 Å². The monoisotopic (exact) mass is 301 g/mol. The SMILES string of the molecule is Cc1cc(C)c(C(=N)c2ccc(Br)cc2)c(C)c1. The molecule has 18 heavy (non-hydrogen) atoms. The van der Waals surface area contributed by atoms with Crippen molar-refractivity contribution < 1.29 is 0 Å². The highest BCUT2D eigenvalue weighted by Crippen LogP contribution is 2.21. The van der Waals surface area contributed by atoms with Crippen LogP contribution >= 0.6 is 15.9 Å². The van der Waals surface area contributed by atoms with E-state index in [1.165, 1.54) is 16.7 Å². The average molecular weight is 302 g/mol. The van der Waals surface area contributed by atoms with Crippen LogP contribution in [0.3, 0.4) is 0 Å². The summed E-state index contributed by atoms with van der Waals surface area (Å²) in [6, 6.07) is 12.2. The van der Waals surface area contributed by atoms with Crippen molar-refractivity contribution in [3.8, 4) is 0 Å². The molecule has 0 aliphatic carbocycles. The molecule has 0 aliphatic rings. The van der Waals surface area contributed by atoms with E-state index in [1.54, 1.807) is 0 Å². The maximum atomic E-state index is 8.38. The molecule has 0 spiro atoms. The minimum absolute atomic E-state index is 0.595.